The molecule has 16 rings (SSSR count). The Morgan fingerprint density at radius 2 is 0.511 bits per heavy atom. The van der Waals surface area contributed by atoms with Gasteiger partial charge in [0.25, 0.3) is 0 Å². The molecular formula is C88H64N2S2. The van der Waals surface area contributed by atoms with E-state index in [1.807, 2.05) is 22.7 Å². The second kappa shape index (κ2) is 23.8. The van der Waals surface area contributed by atoms with Crippen LogP contribution in [0.15, 0.2) is 315 Å². The monoisotopic (exact) mass is 1210 g/mol. The number of benzene rings is 14. The summed E-state index contributed by atoms with van der Waals surface area (Å²) in [7, 11) is 0. The molecule has 16 aromatic rings. The molecule has 2 aromatic heterocycles. The average molecular weight is 1210 g/mol. The normalized spacial score (nSPS) is 11.5. The van der Waals surface area contributed by atoms with E-state index in [9.17, 15) is 0 Å². The number of anilines is 6. The van der Waals surface area contributed by atoms with Crippen LogP contribution < -0.4 is 9.80 Å². The molecule has 0 amide bonds. The average Bonchev–Trinajstić information content (AvgIpc) is 1.31. The minimum Gasteiger partial charge on any atom is -0.309 e. The molecule has 438 valence electrons. The minimum absolute atomic E-state index is 1.09. The number of fused-ring (bicyclic) bond motifs is 6. The van der Waals surface area contributed by atoms with Crippen LogP contribution in [0.2, 0.25) is 0 Å². The summed E-state index contributed by atoms with van der Waals surface area (Å²) in [5.41, 5.74) is 28.2. The highest BCUT2D eigenvalue weighted by Gasteiger charge is 2.25. The minimum atomic E-state index is 1.09. The zero-order valence-corrected chi connectivity index (χ0v) is 53.4. The van der Waals surface area contributed by atoms with Crippen molar-refractivity contribution in [1.29, 1.82) is 0 Å². The van der Waals surface area contributed by atoms with Crippen molar-refractivity contribution in [2.75, 3.05) is 9.80 Å². The van der Waals surface area contributed by atoms with Gasteiger partial charge in [0.05, 0.1) is 11.4 Å². The third-order valence-corrected chi connectivity index (χ3v) is 20.7. The van der Waals surface area contributed by atoms with Gasteiger partial charge in [-0.15, -0.1) is 22.7 Å². The van der Waals surface area contributed by atoms with Gasteiger partial charge in [-0.2, -0.15) is 0 Å². The van der Waals surface area contributed by atoms with Gasteiger partial charge in [-0.3, -0.25) is 0 Å². The molecule has 0 N–H and O–H groups in total. The number of thiophene rings is 2. The van der Waals surface area contributed by atoms with Crippen LogP contribution in [-0.4, -0.2) is 0 Å². The maximum absolute atomic E-state index is 2.50. The van der Waals surface area contributed by atoms with E-state index >= 15 is 0 Å². The molecule has 0 atom stereocenters. The molecule has 0 radical (unpaired) electrons. The van der Waals surface area contributed by atoms with Crippen LogP contribution in [0.1, 0.15) is 22.3 Å². The molecule has 92 heavy (non-hydrogen) atoms. The topological polar surface area (TPSA) is 6.48 Å². The lowest BCUT2D eigenvalue weighted by atomic mass is 9.94. The molecule has 14 aromatic carbocycles. The maximum Gasteiger partial charge on any atom is 0.0569 e. The number of para-hydroxylation sites is 2. The van der Waals surface area contributed by atoms with Crippen LogP contribution in [0.25, 0.3) is 118 Å². The van der Waals surface area contributed by atoms with Crippen LogP contribution in [-0.2, 0) is 0 Å². The number of hydrogen-bond acceptors (Lipinski definition) is 4. The van der Waals surface area contributed by atoms with Crippen LogP contribution in [0.4, 0.5) is 34.1 Å². The molecule has 0 unspecified atom stereocenters. The van der Waals surface area contributed by atoms with E-state index in [4.69, 9.17) is 0 Å². The SMILES string of the molecule is Cc1cc(-c2ccc(N(c3ccc(-c4ccc(-c5ccccc5)cc4)cc3)c3c(C)cccc3-c3ccc4sc5ccccc5c4c3)c(C)c2)ccc1N(c1ccc(-c2ccc(-c3ccccc3)cc2)cc1)c1c(C)cccc1-c1ccc2sc3ccccc3c2c1. The smallest absolute Gasteiger partial charge is 0.0569 e. The third-order valence-electron chi connectivity index (χ3n) is 18.4. The largest absolute Gasteiger partial charge is 0.309 e. The van der Waals surface area contributed by atoms with E-state index < -0.39 is 0 Å². The van der Waals surface area contributed by atoms with E-state index in [1.54, 1.807) is 0 Å². The summed E-state index contributed by atoms with van der Waals surface area (Å²) in [6.45, 7) is 9.06. The highest BCUT2D eigenvalue weighted by Crippen LogP contribution is 2.49. The molecule has 0 fully saturated rings. The number of rotatable bonds is 13. The Morgan fingerprint density at radius 3 is 0.880 bits per heavy atom. The first-order valence-corrected chi connectivity index (χ1v) is 33.2. The van der Waals surface area contributed by atoms with Crippen LogP contribution in [0, 0.1) is 27.7 Å². The van der Waals surface area contributed by atoms with Crippen molar-refractivity contribution in [3.63, 3.8) is 0 Å². The molecule has 0 aliphatic heterocycles. The van der Waals surface area contributed by atoms with Crippen molar-refractivity contribution in [2.45, 2.75) is 27.7 Å². The zero-order valence-electron chi connectivity index (χ0n) is 51.7. The molecule has 0 aliphatic rings. The Kier molecular flexibility index (Phi) is 14.6. The molecule has 4 heteroatoms. The molecule has 0 saturated heterocycles. The van der Waals surface area contributed by atoms with E-state index in [1.165, 1.54) is 129 Å². The van der Waals surface area contributed by atoms with Crippen molar-refractivity contribution >= 4 is 97.1 Å². The molecule has 0 spiro atoms. The fraction of sp³-hybridized carbons (Fsp3) is 0.0455. The standard InChI is InChI=1S/C88H64N2S2/c1-57-17-15-25-75(71-43-51-85-79(55-71)77-23-11-13-27-83(77)91-85)87(57)89(73-45-37-67(38-46-73)65-33-29-63(30-34-65)61-19-7-5-8-20-61)81-49-41-69(53-59(81)3)70-42-50-82(60(4)54-70)90(74-47-39-68(40-48-74)66-35-31-64(32-36-66)62-21-9-6-10-22-62)88-58(2)18-16-26-76(88)72-44-52-86-80(56-72)78-24-12-14-28-84(78)92-86/h5-56H,1-4H3. The lowest BCUT2D eigenvalue weighted by Crippen LogP contribution is -2.14. The number of hydrogen-bond donors (Lipinski definition) is 0. The zero-order chi connectivity index (χ0) is 61.8. The number of nitrogens with zero attached hydrogens (tertiary/aromatic N) is 2. The summed E-state index contributed by atoms with van der Waals surface area (Å²) < 4.78 is 5.21. The second-order valence-electron chi connectivity index (χ2n) is 24.2. The van der Waals surface area contributed by atoms with E-state index in [0.717, 1.165) is 45.3 Å². The number of aryl methyl sites for hydroxylation is 4. The van der Waals surface area contributed by atoms with Gasteiger partial charge in [0.1, 0.15) is 0 Å². The van der Waals surface area contributed by atoms with Crippen LogP contribution >= 0.6 is 22.7 Å². The second-order valence-corrected chi connectivity index (χ2v) is 26.4. The maximum atomic E-state index is 2.50. The van der Waals surface area contributed by atoms with Crippen LogP contribution in [0.5, 0.6) is 0 Å². The highest BCUT2D eigenvalue weighted by atomic mass is 32.1. The summed E-state index contributed by atoms with van der Waals surface area (Å²) in [5.74, 6) is 0. The van der Waals surface area contributed by atoms with Gasteiger partial charge in [0, 0.05) is 74.2 Å². The Morgan fingerprint density at radius 1 is 0.207 bits per heavy atom. The summed E-state index contributed by atoms with van der Waals surface area (Å²) >= 11 is 3.72. The predicted molar refractivity (Wildman–Crippen MR) is 399 cm³/mol. The predicted octanol–water partition coefficient (Wildman–Crippen LogP) is 26.3. The van der Waals surface area contributed by atoms with Gasteiger partial charge in [-0.1, -0.05) is 231 Å². The summed E-state index contributed by atoms with van der Waals surface area (Å²) in [5, 5.41) is 5.17. The van der Waals surface area contributed by atoms with Crippen molar-refractivity contribution in [3.8, 4) is 77.9 Å². The fourth-order valence-corrected chi connectivity index (χ4v) is 15.9. The van der Waals surface area contributed by atoms with Gasteiger partial charge >= 0.3 is 0 Å². The van der Waals surface area contributed by atoms with E-state index in [0.29, 0.717) is 0 Å². The first kappa shape index (κ1) is 56.4. The first-order valence-electron chi connectivity index (χ1n) is 31.6. The van der Waals surface area contributed by atoms with E-state index in [2.05, 4.69) is 353 Å². The molecular weight excluding hydrogens is 1150 g/mol. The van der Waals surface area contributed by atoms with E-state index in [-0.39, 0.29) is 0 Å². The summed E-state index contributed by atoms with van der Waals surface area (Å²) in [4.78, 5) is 5.00. The summed E-state index contributed by atoms with van der Waals surface area (Å²) in [6.07, 6.45) is 0. The Bertz CT molecular complexity index is 5070. The lowest BCUT2D eigenvalue weighted by Gasteiger charge is -2.31. The molecule has 0 bridgehead atoms. The van der Waals surface area contributed by atoms with Gasteiger partial charge in [0.15, 0.2) is 0 Å². The Hall–Kier alpha value is -10.9. The van der Waals surface area contributed by atoms with Gasteiger partial charge < -0.3 is 9.80 Å². The van der Waals surface area contributed by atoms with Gasteiger partial charge in [0.2, 0.25) is 0 Å². The third kappa shape index (κ3) is 10.4. The van der Waals surface area contributed by atoms with Crippen molar-refractivity contribution < 1.29 is 0 Å². The molecule has 0 aliphatic carbocycles. The quantitative estimate of drug-likeness (QED) is 0.114. The molecule has 0 saturated carbocycles. The molecule has 2 nitrogen and oxygen atoms in total. The van der Waals surface area contributed by atoms with Crippen molar-refractivity contribution in [1.82, 2.24) is 0 Å². The van der Waals surface area contributed by atoms with Gasteiger partial charge in [-0.25, -0.2) is 0 Å². The van der Waals surface area contributed by atoms with Crippen LogP contribution in [0.3, 0.4) is 0 Å². The highest BCUT2D eigenvalue weighted by molar-refractivity contribution is 7.26. The Labute approximate surface area is 546 Å². The van der Waals surface area contributed by atoms with Gasteiger partial charge in [-0.05, 0) is 202 Å². The van der Waals surface area contributed by atoms with Crippen molar-refractivity contribution in [3.05, 3.63) is 338 Å². The van der Waals surface area contributed by atoms with Crippen molar-refractivity contribution in [2.24, 2.45) is 0 Å². The first-order chi connectivity index (χ1) is 45.2. The summed E-state index contributed by atoms with van der Waals surface area (Å²) in [6, 6.07) is 117. The molecule has 2 heterocycles. The fourth-order valence-electron chi connectivity index (χ4n) is 13.7. The lowest BCUT2D eigenvalue weighted by molar-refractivity contribution is 1.22. The Balaban J connectivity index is 0.791.